The summed E-state index contributed by atoms with van der Waals surface area (Å²) in [5.74, 6) is -5.31. The number of carbonyl (C=O) groups is 1. The second kappa shape index (κ2) is 5.84. The predicted molar refractivity (Wildman–Crippen MR) is 78.8 cm³/mol. The Hall–Kier alpha value is -2.68. The molecule has 2 aromatic heterocycles. The van der Waals surface area contributed by atoms with Crippen LogP contribution in [0.4, 0.5) is 18.9 Å². The highest BCUT2D eigenvalue weighted by Crippen LogP contribution is 2.19. The van der Waals surface area contributed by atoms with Gasteiger partial charge in [0.05, 0.1) is 17.4 Å². The van der Waals surface area contributed by atoms with E-state index in [2.05, 4.69) is 10.3 Å². The number of fused-ring (bicyclic) bond motifs is 1. The number of halogens is 3. The van der Waals surface area contributed by atoms with Crippen molar-refractivity contribution in [1.29, 1.82) is 0 Å². The number of nitrogens with one attached hydrogen (secondary N) is 1. The highest BCUT2D eigenvalue weighted by Gasteiger charge is 2.16. The minimum absolute atomic E-state index is 0.365. The van der Waals surface area contributed by atoms with E-state index in [1.54, 1.807) is 11.4 Å². The van der Waals surface area contributed by atoms with Crippen LogP contribution in [-0.4, -0.2) is 15.5 Å². The summed E-state index contributed by atoms with van der Waals surface area (Å²) in [6.07, 6.45) is 1.20. The van der Waals surface area contributed by atoms with Gasteiger partial charge in [0.2, 0.25) is 5.91 Å². The first kappa shape index (κ1) is 15.2. The minimum atomic E-state index is -1.68. The van der Waals surface area contributed by atoms with Gasteiger partial charge in [-0.15, -0.1) is 11.3 Å². The number of hydrogen-bond acceptors (Lipinski definition) is 4. The Labute approximate surface area is 131 Å². The summed E-state index contributed by atoms with van der Waals surface area (Å²) in [5.41, 5.74) is -0.927. The molecule has 1 N–H and O–H groups in total. The van der Waals surface area contributed by atoms with Gasteiger partial charge in [-0.25, -0.2) is 18.2 Å². The van der Waals surface area contributed by atoms with E-state index in [1.807, 2.05) is 0 Å². The lowest BCUT2D eigenvalue weighted by molar-refractivity contribution is -0.116. The smallest absolute Gasteiger partial charge is 0.262 e. The zero-order chi connectivity index (χ0) is 16.6. The maximum atomic E-state index is 13.5. The SMILES string of the molecule is O=C(Cn1cnc2sccc2c1=O)Nc1ccc(F)c(F)c1F. The molecule has 3 aromatic rings. The van der Waals surface area contributed by atoms with E-state index >= 15 is 0 Å². The van der Waals surface area contributed by atoms with Crippen molar-refractivity contribution in [3.05, 3.63) is 57.7 Å². The first-order valence-electron chi connectivity index (χ1n) is 6.33. The van der Waals surface area contributed by atoms with Gasteiger partial charge in [0.1, 0.15) is 11.4 Å². The standard InChI is InChI=1S/C14H8F3N3O2S/c15-8-1-2-9(12(17)11(8)16)19-10(21)5-20-6-18-13-7(14(20)22)3-4-23-13/h1-4,6H,5H2,(H,19,21). The average molecular weight is 339 g/mol. The molecule has 9 heteroatoms. The van der Waals surface area contributed by atoms with Crippen LogP contribution < -0.4 is 10.9 Å². The minimum Gasteiger partial charge on any atom is -0.322 e. The Kier molecular flexibility index (Phi) is 3.87. The molecule has 3 rings (SSSR count). The molecule has 1 amide bonds. The van der Waals surface area contributed by atoms with Gasteiger partial charge in [0, 0.05) is 0 Å². The summed E-state index contributed by atoms with van der Waals surface area (Å²) in [6.45, 7) is -0.434. The van der Waals surface area contributed by atoms with E-state index in [4.69, 9.17) is 0 Å². The largest absolute Gasteiger partial charge is 0.322 e. The van der Waals surface area contributed by atoms with E-state index in [0.717, 1.165) is 10.6 Å². The molecule has 0 aliphatic carbocycles. The van der Waals surface area contributed by atoms with Gasteiger partial charge in [0.25, 0.3) is 5.56 Å². The fraction of sp³-hybridized carbons (Fsp3) is 0.0714. The van der Waals surface area contributed by atoms with Crippen molar-refractivity contribution in [2.45, 2.75) is 6.54 Å². The van der Waals surface area contributed by atoms with Gasteiger partial charge in [-0.2, -0.15) is 0 Å². The Balaban J connectivity index is 1.83. The predicted octanol–water partition coefficient (Wildman–Crippen LogP) is 2.51. The topological polar surface area (TPSA) is 64.0 Å². The van der Waals surface area contributed by atoms with Gasteiger partial charge in [0.15, 0.2) is 17.5 Å². The molecule has 0 atom stereocenters. The molecule has 23 heavy (non-hydrogen) atoms. The summed E-state index contributed by atoms with van der Waals surface area (Å²) in [6, 6.07) is 3.17. The van der Waals surface area contributed by atoms with E-state index in [9.17, 15) is 22.8 Å². The Bertz CT molecular complexity index is 968. The molecule has 0 bridgehead atoms. The summed E-state index contributed by atoms with van der Waals surface area (Å²) >= 11 is 1.28. The summed E-state index contributed by atoms with van der Waals surface area (Å²) in [7, 11) is 0. The van der Waals surface area contributed by atoms with Crippen LogP contribution in [0, 0.1) is 17.5 Å². The monoisotopic (exact) mass is 339 g/mol. The second-order valence-electron chi connectivity index (χ2n) is 4.59. The van der Waals surface area contributed by atoms with Gasteiger partial charge < -0.3 is 5.32 Å². The van der Waals surface area contributed by atoms with Crippen LogP contribution >= 0.6 is 11.3 Å². The maximum absolute atomic E-state index is 13.5. The summed E-state index contributed by atoms with van der Waals surface area (Å²) in [4.78, 5) is 28.6. The Morgan fingerprint density at radius 1 is 1.22 bits per heavy atom. The molecule has 118 valence electrons. The molecule has 2 heterocycles. The number of hydrogen-bond donors (Lipinski definition) is 1. The van der Waals surface area contributed by atoms with Crippen molar-refractivity contribution in [3.8, 4) is 0 Å². The highest BCUT2D eigenvalue weighted by molar-refractivity contribution is 7.16. The lowest BCUT2D eigenvalue weighted by Crippen LogP contribution is -2.27. The molecule has 0 spiro atoms. The van der Waals surface area contributed by atoms with Crippen LogP contribution in [0.2, 0.25) is 0 Å². The van der Waals surface area contributed by atoms with Gasteiger partial charge in [-0.3, -0.25) is 14.2 Å². The van der Waals surface area contributed by atoms with Gasteiger partial charge >= 0.3 is 0 Å². The molecular formula is C14H8F3N3O2S. The number of carbonyl (C=O) groups excluding carboxylic acids is 1. The van der Waals surface area contributed by atoms with Crippen LogP contribution in [0.15, 0.2) is 34.7 Å². The maximum Gasteiger partial charge on any atom is 0.262 e. The highest BCUT2D eigenvalue weighted by atomic mass is 32.1. The Morgan fingerprint density at radius 2 is 2.00 bits per heavy atom. The average Bonchev–Trinajstić information content (AvgIpc) is 3.00. The molecule has 0 saturated heterocycles. The second-order valence-corrected chi connectivity index (χ2v) is 5.48. The number of aromatic nitrogens is 2. The third-order valence-corrected chi connectivity index (χ3v) is 3.89. The zero-order valence-corrected chi connectivity index (χ0v) is 12.2. The number of thiophene rings is 1. The normalized spacial score (nSPS) is 10.9. The first-order valence-corrected chi connectivity index (χ1v) is 7.21. The molecule has 0 aliphatic rings. The lowest BCUT2D eigenvalue weighted by Gasteiger charge is -2.08. The van der Waals surface area contributed by atoms with E-state index in [0.29, 0.717) is 16.3 Å². The molecule has 0 fully saturated rings. The molecule has 0 aliphatic heterocycles. The third kappa shape index (κ3) is 2.82. The van der Waals surface area contributed by atoms with Crippen molar-refractivity contribution in [1.82, 2.24) is 9.55 Å². The molecule has 5 nitrogen and oxygen atoms in total. The molecule has 1 aromatic carbocycles. The van der Waals surface area contributed by atoms with Crippen molar-refractivity contribution in [2.24, 2.45) is 0 Å². The summed E-state index contributed by atoms with van der Waals surface area (Å²) in [5, 5.41) is 4.15. The number of nitrogens with zero attached hydrogens (tertiary/aromatic N) is 2. The van der Waals surface area contributed by atoms with E-state index in [1.165, 1.54) is 17.7 Å². The van der Waals surface area contributed by atoms with E-state index in [-0.39, 0.29) is 0 Å². The van der Waals surface area contributed by atoms with Crippen molar-refractivity contribution < 1.29 is 18.0 Å². The molecule has 0 saturated carbocycles. The van der Waals surface area contributed by atoms with Crippen molar-refractivity contribution in [3.63, 3.8) is 0 Å². The number of benzene rings is 1. The third-order valence-electron chi connectivity index (χ3n) is 3.07. The quantitative estimate of drug-likeness (QED) is 0.746. The van der Waals surface area contributed by atoms with Gasteiger partial charge in [-0.1, -0.05) is 0 Å². The Morgan fingerprint density at radius 3 is 2.78 bits per heavy atom. The van der Waals surface area contributed by atoms with Crippen LogP contribution in [-0.2, 0) is 11.3 Å². The van der Waals surface area contributed by atoms with Crippen molar-refractivity contribution in [2.75, 3.05) is 5.32 Å². The van der Waals surface area contributed by atoms with Crippen LogP contribution in [0.25, 0.3) is 10.2 Å². The molecule has 0 unspecified atom stereocenters. The molecular weight excluding hydrogens is 331 g/mol. The molecule has 0 radical (unpaired) electrons. The van der Waals surface area contributed by atoms with E-state index < -0.39 is 41.2 Å². The van der Waals surface area contributed by atoms with Crippen LogP contribution in [0.3, 0.4) is 0 Å². The fourth-order valence-corrected chi connectivity index (χ4v) is 2.70. The number of anilines is 1. The van der Waals surface area contributed by atoms with Crippen molar-refractivity contribution >= 4 is 33.1 Å². The van der Waals surface area contributed by atoms with Crippen LogP contribution in [0.1, 0.15) is 0 Å². The fourth-order valence-electron chi connectivity index (χ4n) is 1.97. The first-order chi connectivity index (χ1) is 11.0. The number of rotatable bonds is 3. The van der Waals surface area contributed by atoms with Crippen LogP contribution in [0.5, 0.6) is 0 Å². The number of amides is 1. The zero-order valence-electron chi connectivity index (χ0n) is 11.3. The summed E-state index contributed by atoms with van der Waals surface area (Å²) < 4.78 is 40.5. The van der Waals surface area contributed by atoms with Gasteiger partial charge in [-0.05, 0) is 23.6 Å². The lowest BCUT2D eigenvalue weighted by atomic mass is 10.2.